The van der Waals surface area contributed by atoms with Crippen LogP contribution < -0.4 is 5.56 Å². The molecule has 19 heavy (non-hydrogen) atoms. The molecule has 1 aliphatic rings. The summed E-state index contributed by atoms with van der Waals surface area (Å²) in [6, 6.07) is 8.37. The maximum atomic E-state index is 12.1. The Morgan fingerprint density at radius 2 is 2.16 bits per heavy atom. The SMILES string of the molecule is O=c1c(Br)c(Br)cnn1CC1CSc2ccccc21. The van der Waals surface area contributed by atoms with Crippen molar-refractivity contribution < 1.29 is 0 Å². The average molecular weight is 402 g/mol. The molecule has 0 saturated heterocycles. The Hall–Kier alpha value is -0.590. The summed E-state index contributed by atoms with van der Waals surface area (Å²) in [4.78, 5) is 13.4. The van der Waals surface area contributed by atoms with Crippen molar-refractivity contribution in [1.29, 1.82) is 0 Å². The highest BCUT2D eigenvalue weighted by molar-refractivity contribution is 9.13. The summed E-state index contributed by atoms with van der Waals surface area (Å²) in [7, 11) is 0. The van der Waals surface area contributed by atoms with Gasteiger partial charge < -0.3 is 0 Å². The monoisotopic (exact) mass is 400 g/mol. The van der Waals surface area contributed by atoms with E-state index < -0.39 is 0 Å². The molecule has 0 N–H and O–H groups in total. The van der Waals surface area contributed by atoms with Crippen LogP contribution in [0.1, 0.15) is 11.5 Å². The topological polar surface area (TPSA) is 34.9 Å². The molecule has 2 aromatic rings. The van der Waals surface area contributed by atoms with Crippen LogP contribution in [0.5, 0.6) is 0 Å². The standard InChI is InChI=1S/C13H10Br2N2OS/c14-10-5-16-17(13(18)12(10)15)6-8-7-19-11-4-2-1-3-9(8)11/h1-5,8H,6-7H2. The van der Waals surface area contributed by atoms with Crippen LogP contribution >= 0.6 is 43.6 Å². The number of nitrogens with zero attached hydrogens (tertiary/aromatic N) is 2. The summed E-state index contributed by atoms with van der Waals surface area (Å²) in [6.45, 7) is 0.620. The van der Waals surface area contributed by atoms with Crippen molar-refractivity contribution in [3.63, 3.8) is 0 Å². The maximum absolute atomic E-state index is 12.1. The Balaban J connectivity index is 1.92. The summed E-state index contributed by atoms with van der Waals surface area (Å²) in [5.41, 5.74) is 1.23. The van der Waals surface area contributed by atoms with Gasteiger partial charge in [-0.1, -0.05) is 18.2 Å². The summed E-state index contributed by atoms with van der Waals surface area (Å²) in [5.74, 6) is 1.35. The minimum atomic E-state index is -0.0937. The number of rotatable bonds is 2. The molecule has 1 aromatic carbocycles. The molecular weight excluding hydrogens is 392 g/mol. The van der Waals surface area contributed by atoms with Crippen molar-refractivity contribution in [2.75, 3.05) is 5.75 Å². The predicted molar refractivity (Wildman–Crippen MR) is 83.8 cm³/mol. The number of hydrogen-bond donors (Lipinski definition) is 0. The normalized spacial score (nSPS) is 17.5. The first-order chi connectivity index (χ1) is 9.16. The molecule has 3 nitrogen and oxygen atoms in total. The highest BCUT2D eigenvalue weighted by Crippen LogP contribution is 2.39. The molecule has 98 valence electrons. The molecule has 0 spiro atoms. The van der Waals surface area contributed by atoms with E-state index in [1.54, 1.807) is 6.20 Å². The molecule has 1 unspecified atom stereocenters. The highest BCUT2D eigenvalue weighted by atomic mass is 79.9. The maximum Gasteiger partial charge on any atom is 0.282 e. The van der Waals surface area contributed by atoms with Crippen molar-refractivity contribution in [2.24, 2.45) is 0 Å². The van der Waals surface area contributed by atoms with E-state index in [9.17, 15) is 4.79 Å². The van der Waals surface area contributed by atoms with Crippen LogP contribution in [0.25, 0.3) is 0 Å². The number of thioether (sulfide) groups is 1. The third kappa shape index (κ3) is 2.53. The zero-order chi connectivity index (χ0) is 13.4. The van der Waals surface area contributed by atoms with Gasteiger partial charge in [-0.2, -0.15) is 5.10 Å². The third-order valence-corrected chi connectivity index (χ3v) is 6.29. The molecule has 0 radical (unpaired) electrons. The Labute approximate surface area is 131 Å². The van der Waals surface area contributed by atoms with Gasteiger partial charge in [0.15, 0.2) is 0 Å². The lowest BCUT2D eigenvalue weighted by Gasteiger charge is -2.12. The molecule has 0 amide bonds. The lowest BCUT2D eigenvalue weighted by molar-refractivity contribution is 0.519. The first kappa shape index (κ1) is 13.4. The van der Waals surface area contributed by atoms with Gasteiger partial charge in [-0.3, -0.25) is 4.79 Å². The quantitative estimate of drug-likeness (QED) is 0.770. The Kier molecular flexibility index (Phi) is 3.82. The van der Waals surface area contributed by atoms with Crippen LogP contribution in [0.4, 0.5) is 0 Å². The van der Waals surface area contributed by atoms with E-state index in [0.29, 0.717) is 21.4 Å². The van der Waals surface area contributed by atoms with Crippen LogP contribution in [0, 0.1) is 0 Å². The molecule has 2 heterocycles. The fourth-order valence-corrected chi connectivity index (χ4v) is 3.97. The smallest absolute Gasteiger partial charge is 0.266 e. The van der Waals surface area contributed by atoms with Gasteiger partial charge in [-0.15, -0.1) is 11.8 Å². The number of benzene rings is 1. The number of aromatic nitrogens is 2. The van der Waals surface area contributed by atoms with E-state index >= 15 is 0 Å². The zero-order valence-electron chi connectivity index (χ0n) is 9.85. The number of hydrogen-bond acceptors (Lipinski definition) is 3. The van der Waals surface area contributed by atoms with E-state index in [-0.39, 0.29) is 5.56 Å². The average Bonchev–Trinajstić information content (AvgIpc) is 2.83. The summed E-state index contributed by atoms with van der Waals surface area (Å²) < 4.78 is 2.75. The molecular formula is C13H10Br2N2OS. The van der Waals surface area contributed by atoms with Gasteiger partial charge in [0.1, 0.15) is 4.47 Å². The molecule has 0 saturated carbocycles. The Morgan fingerprint density at radius 3 is 3.00 bits per heavy atom. The van der Waals surface area contributed by atoms with Crippen LogP contribution in [0.15, 0.2) is 49.1 Å². The number of halogens is 2. The zero-order valence-corrected chi connectivity index (χ0v) is 13.8. The van der Waals surface area contributed by atoms with Crippen molar-refractivity contribution in [2.45, 2.75) is 17.4 Å². The summed E-state index contributed by atoms with van der Waals surface area (Å²) in [5, 5.41) is 4.19. The second kappa shape index (κ2) is 5.42. The lowest BCUT2D eigenvalue weighted by atomic mass is 10.0. The second-order valence-electron chi connectivity index (χ2n) is 4.34. The van der Waals surface area contributed by atoms with Gasteiger partial charge in [0.2, 0.25) is 0 Å². The minimum absolute atomic E-state index is 0.0937. The first-order valence-electron chi connectivity index (χ1n) is 5.79. The molecule has 1 atom stereocenters. The Morgan fingerprint density at radius 1 is 1.37 bits per heavy atom. The van der Waals surface area contributed by atoms with Crippen LogP contribution in [0.3, 0.4) is 0 Å². The van der Waals surface area contributed by atoms with Crippen molar-refractivity contribution in [3.8, 4) is 0 Å². The molecule has 3 rings (SSSR count). The fourth-order valence-electron chi connectivity index (χ4n) is 2.16. The van der Waals surface area contributed by atoms with E-state index in [2.05, 4.69) is 55.2 Å². The summed E-state index contributed by atoms with van der Waals surface area (Å²) >= 11 is 8.42. The molecule has 1 aliphatic heterocycles. The van der Waals surface area contributed by atoms with Crippen molar-refractivity contribution >= 4 is 43.6 Å². The van der Waals surface area contributed by atoms with Gasteiger partial charge in [-0.25, -0.2) is 4.68 Å². The van der Waals surface area contributed by atoms with Crippen LogP contribution in [0.2, 0.25) is 0 Å². The highest BCUT2D eigenvalue weighted by Gasteiger charge is 2.24. The van der Waals surface area contributed by atoms with E-state index in [0.717, 1.165) is 5.75 Å². The Bertz CT molecular complexity index is 687. The van der Waals surface area contributed by atoms with Gasteiger partial charge in [0.05, 0.1) is 17.2 Å². The van der Waals surface area contributed by atoms with Crippen molar-refractivity contribution in [1.82, 2.24) is 9.78 Å². The van der Waals surface area contributed by atoms with Gasteiger partial charge in [-0.05, 0) is 43.5 Å². The molecule has 0 bridgehead atoms. The van der Waals surface area contributed by atoms with E-state index in [1.165, 1.54) is 15.1 Å². The molecule has 1 aromatic heterocycles. The van der Waals surface area contributed by atoms with Gasteiger partial charge in [0, 0.05) is 16.6 Å². The molecule has 0 fully saturated rings. The summed E-state index contributed by atoms with van der Waals surface area (Å²) in [6.07, 6.45) is 1.65. The second-order valence-corrected chi connectivity index (χ2v) is 7.05. The minimum Gasteiger partial charge on any atom is -0.266 e. The van der Waals surface area contributed by atoms with E-state index in [4.69, 9.17) is 0 Å². The predicted octanol–water partition coefficient (Wildman–Crippen LogP) is 3.66. The molecule has 0 aliphatic carbocycles. The van der Waals surface area contributed by atoms with Crippen LogP contribution in [-0.2, 0) is 6.54 Å². The van der Waals surface area contributed by atoms with Crippen LogP contribution in [-0.4, -0.2) is 15.5 Å². The van der Waals surface area contributed by atoms with Gasteiger partial charge >= 0.3 is 0 Å². The molecule has 6 heteroatoms. The fraction of sp³-hybridized carbons (Fsp3) is 0.231. The largest absolute Gasteiger partial charge is 0.282 e. The number of fused-ring (bicyclic) bond motifs is 1. The van der Waals surface area contributed by atoms with Gasteiger partial charge in [0.25, 0.3) is 5.56 Å². The van der Waals surface area contributed by atoms with Crippen molar-refractivity contribution in [3.05, 3.63) is 55.3 Å². The first-order valence-corrected chi connectivity index (χ1v) is 8.37. The van der Waals surface area contributed by atoms with E-state index in [1.807, 2.05) is 17.8 Å². The third-order valence-electron chi connectivity index (χ3n) is 3.13. The lowest BCUT2D eigenvalue weighted by Crippen LogP contribution is -2.26.